The van der Waals surface area contributed by atoms with Crippen LogP contribution in [0.15, 0.2) is 54.9 Å². The van der Waals surface area contributed by atoms with Crippen molar-refractivity contribution in [1.82, 2.24) is 9.97 Å². The molecule has 1 saturated heterocycles. The minimum Gasteiger partial charge on any atom is -0.420 e. The standard InChI is InChI=1S/C23H19ClF5N5O3/c24-23(28,29)37-17-4-1-14(2-5-17)33-21(36)13-9-18(20(31-10-13)34-8-7-16(35)12-34)32-15-3-6-19(30-11-15)22(25,26)27/h1-6,9-11,16,32,35H,7-8,12H2,(H,33,36)/t16-/m1/s1. The fourth-order valence-electron chi connectivity index (χ4n) is 3.59. The molecular formula is C23H19ClF5N5O3. The molecule has 0 saturated carbocycles. The molecule has 3 heterocycles. The number of β-amino-alcohol motifs (C(OH)–C–C–N with tert-alkyl or cyclic N) is 1. The van der Waals surface area contributed by atoms with Crippen molar-refractivity contribution in [3.8, 4) is 5.75 Å². The lowest BCUT2D eigenvalue weighted by atomic mass is 10.2. The summed E-state index contributed by atoms with van der Waals surface area (Å²) in [6.07, 6.45) is -2.36. The molecule has 1 aliphatic heterocycles. The average Bonchev–Trinajstić information content (AvgIpc) is 3.25. The lowest BCUT2D eigenvalue weighted by molar-refractivity contribution is -0.141. The van der Waals surface area contributed by atoms with E-state index in [2.05, 4.69) is 25.3 Å². The van der Waals surface area contributed by atoms with Crippen LogP contribution in [0, 0.1) is 0 Å². The number of amides is 1. The maximum Gasteiger partial charge on any atom is 0.487 e. The smallest absolute Gasteiger partial charge is 0.420 e. The van der Waals surface area contributed by atoms with Gasteiger partial charge in [-0.15, -0.1) is 8.78 Å². The fourth-order valence-corrected chi connectivity index (χ4v) is 3.68. The van der Waals surface area contributed by atoms with Gasteiger partial charge < -0.3 is 25.4 Å². The molecule has 0 spiro atoms. The molecule has 1 atom stereocenters. The average molecular weight is 544 g/mol. The highest BCUT2D eigenvalue weighted by molar-refractivity contribution is 6.20. The van der Waals surface area contributed by atoms with Crippen molar-refractivity contribution in [1.29, 1.82) is 0 Å². The van der Waals surface area contributed by atoms with Crippen molar-refractivity contribution < 1.29 is 36.6 Å². The number of carbonyl (C=O) groups is 1. The van der Waals surface area contributed by atoms with Crippen LogP contribution in [0.1, 0.15) is 22.5 Å². The molecule has 3 N–H and O–H groups in total. The van der Waals surface area contributed by atoms with Gasteiger partial charge in [-0.05, 0) is 48.9 Å². The van der Waals surface area contributed by atoms with Crippen LogP contribution in [-0.4, -0.2) is 45.7 Å². The van der Waals surface area contributed by atoms with Crippen LogP contribution in [0.2, 0.25) is 0 Å². The fraction of sp³-hybridized carbons (Fsp3) is 0.261. The van der Waals surface area contributed by atoms with Crippen LogP contribution in [0.5, 0.6) is 5.75 Å². The predicted octanol–water partition coefficient (Wildman–Crippen LogP) is 5.23. The van der Waals surface area contributed by atoms with Crippen LogP contribution >= 0.6 is 11.6 Å². The lowest BCUT2D eigenvalue weighted by Crippen LogP contribution is -2.24. The number of alkyl halides is 6. The Bertz CT molecular complexity index is 1250. The number of pyridine rings is 2. The number of aromatic nitrogens is 2. The summed E-state index contributed by atoms with van der Waals surface area (Å²) in [5.41, 5.74) is -4.05. The summed E-state index contributed by atoms with van der Waals surface area (Å²) < 4.78 is 68.3. The predicted molar refractivity (Wildman–Crippen MR) is 125 cm³/mol. The number of hydrogen-bond acceptors (Lipinski definition) is 7. The van der Waals surface area contributed by atoms with Crippen LogP contribution in [0.25, 0.3) is 0 Å². The van der Waals surface area contributed by atoms with Crippen LogP contribution in [0.3, 0.4) is 0 Å². The molecular weight excluding hydrogens is 525 g/mol. The summed E-state index contributed by atoms with van der Waals surface area (Å²) in [5, 5.41) is 15.4. The minimum absolute atomic E-state index is 0.0958. The summed E-state index contributed by atoms with van der Waals surface area (Å²) in [5.74, 6) is -0.421. The highest BCUT2D eigenvalue weighted by atomic mass is 35.5. The highest BCUT2D eigenvalue weighted by Gasteiger charge is 2.32. The van der Waals surface area contributed by atoms with Gasteiger partial charge in [0.05, 0.1) is 29.2 Å². The maximum absolute atomic E-state index is 12.9. The number of ether oxygens (including phenoxy) is 1. The molecule has 37 heavy (non-hydrogen) atoms. The second-order valence-electron chi connectivity index (χ2n) is 8.06. The third-order valence-electron chi connectivity index (χ3n) is 5.27. The van der Waals surface area contributed by atoms with Gasteiger partial charge in [0, 0.05) is 36.6 Å². The Hall–Kier alpha value is -3.71. The van der Waals surface area contributed by atoms with Gasteiger partial charge in [-0.3, -0.25) is 4.79 Å². The first kappa shape index (κ1) is 26.4. The zero-order valence-corrected chi connectivity index (χ0v) is 19.5. The van der Waals surface area contributed by atoms with Crippen LogP contribution < -0.4 is 20.3 Å². The highest BCUT2D eigenvalue weighted by Crippen LogP contribution is 2.32. The molecule has 1 fully saturated rings. The molecule has 0 bridgehead atoms. The van der Waals surface area contributed by atoms with E-state index >= 15 is 0 Å². The number of hydrogen-bond donors (Lipinski definition) is 3. The van der Waals surface area contributed by atoms with Gasteiger partial charge >= 0.3 is 11.7 Å². The first-order chi connectivity index (χ1) is 17.4. The topological polar surface area (TPSA) is 99.6 Å². The molecule has 0 aliphatic carbocycles. The molecule has 4 rings (SSSR count). The van der Waals surface area contributed by atoms with E-state index < -0.39 is 29.4 Å². The van der Waals surface area contributed by atoms with Gasteiger partial charge in [-0.25, -0.2) is 9.97 Å². The van der Waals surface area contributed by atoms with E-state index in [0.29, 0.717) is 24.5 Å². The number of anilines is 4. The number of rotatable bonds is 7. The second-order valence-corrected chi connectivity index (χ2v) is 8.50. The van der Waals surface area contributed by atoms with Crippen molar-refractivity contribution in [2.24, 2.45) is 0 Å². The number of carbonyl (C=O) groups excluding carboxylic acids is 1. The second kappa shape index (κ2) is 10.3. The van der Waals surface area contributed by atoms with Gasteiger partial charge in [-0.2, -0.15) is 13.2 Å². The first-order valence-corrected chi connectivity index (χ1v) is 11.2. The molecule has 2 aromatic heterocycles. The zero-order chi connectivity index (χ0) is 26.8. The van der Waals surface area contributed by atoms with Crippen LogP contribution in [0.4, 0.5) is 44.8 Å². The van der Waals surface area contributed by atoms with Crippen LogP contribution in [-0.2, 0) is 6.18 Å². The zero-order valence-electron chi connectivity index (χ0n) is 18.8. The third kappa shape index (κ3) is 6.95. The van der Waals surface area contributed by atoms with E-state index in [-0.39, 0.29) is 29.2 Å². The summed E-state index contributed by atoms with van der Waals surface area (Å²) >= 11 is 4.73. The van der Waals surface area contributed by atoms with Gasteiger partial charge in [0.2, 0.25) is 0 Å². The Kier molecular flexibility index (Phi) is 7.37. The minimum atomic E-state index is -4.59. The summed E-state index contributed by atoms with van der Waals surface area (Å²) in [7, 11) is 0. The quantitative estimate of drug-likeness (QED) is 0.277. The normalized spacial score (nSPS) is 16.0. The summed E-state index contributed by atoms with van der Waals surface area (Å²) in [6.45, 7) is 0.768. The lowest BCUT2D eigenvalue weighted by Gasteiger charge is -2.21. The van der Waals surface area contributed by atoms with Crippen molar-refractivity contribution in [3.05, 3.63) is 66.1 Å². The molecule has 8 nitrogen and oxygen atoms in total. The van der Waals surface area contributed by atoms with Crippen molar-refractivity contribution in [2.45, 2.75) is 24.3 Å². The van der Waals surface area contributed by atoms with E-state index in [1.165, 1.54) is 42.6 Å². The van der Waals surface area contributed by atoms with E-state index in [9.17, 15) is 31.9 Å². The Morgan fingerprint density at radius 3 is 2.32 bits per heavy atom. The third-order valence-corrected chi connectivity index (χ3v) is 5.35. The molecule has 3 aromatic rings. The van der Waals surface area contributed by atoms with Gasteiger partial charge in [0.15, 0.2) is 5.82 Å². The maximum atomic E-state index is 12.9. The molecule has 196 valence electrons. The molecule has 0 unspecified atom stereocenters. The first-order valence-electron chi connectivity index (χ1n) is 10.8. The van der Waals surface area contributed by atoms with Crippen molar-refractivity contribution in [2.75, 3.05) is 28.6 Å². The monoisotopic (exact) mass is 543 g/mol. The molecule has 14 heteroatoms. The van der Waals surface area contributed by atoms with Crippen molar-refractivity contribution >= 4 is 40.4 Å². The van der Waals surface area contributed by atoms with Crippen molar-refractivity contribution in [3.63, 3.8) is 0 Å². The number of benzene rings is 1. The summed E-state index contributed by atoms with van der Waals surface area (Å²) in [4.78, 5) is 22.4. The van der Waals surface area contributed by atoms with Gasteiger partial charge in [0.25, 0.3) is 5.91 Å². The van der Waals surface area contributed by atoms with E-state index in [1.807, 2.05) is 0 Å². The Labute approximate surface area is 212 Å². The number of aliphatic hydroxyl groups excluding tert-OH is 1. The Morgan fingerprint density at radius 2 is 1.76 bits per heavy atom. The number of halogens is 6. The molecule has 1 aliphatic rings. The molecule has 1 amide bonds. The van der Waals surface area contributed by atoms with Gasteiger partial charge in [0.1, 0.15) is 11.4 Å². The number of nitrogens with one attached hydrogen (secondary N) is 2. The van der Waals surface area contributed by atoms with E-state index in [0.717, 1.165) is 12.3 Å². The SMILES string of the molecule is O=C(Nc1ccc(OC(F)(F)Cl)cc1)c1cnc(N2CC[C@@H](O)C2)c(Nc2ccc(C(F)(F)F)nc2)c1. The van der Waals surface area contributed by atoms with Gasteiger partial charge in [-0.1, -0.05) is 0 Å². The Balaban J connectivity index is 1.56. The number of aliphatic hydroxyl groups is 1. The largest absolute Gasteiger partial charge is 0.487 e. The Morgan fingerprint density at radius 1 is 1.05 bits per heavy atom. The van der Waals surface area contributed by atoms with E-state index in [4.69, 9.17) is 11.6 Å². The molecule has 1 aromatic carbocycles. The van der Waals surface area contributed by atoms with E-state index in [1.54, 1.807) is 4.90 Å². The molecule has 0 radical (unpaired) electrons. The summed E-state index contributed by atoms with van der Waals surface area (Å²) in [6, 6.07) is 8.50. The number of nitrogens with zero attached hydrogens (tertiary/aromatic N) is 3.